The first-order valence-electron chi connectivity index (χ1n) is 11.2. The number of aromatic nitrogens is 3. The van der Waals surface area contributed by atoms with Gasteiger partial charge in [0.2, 0.25) is 12.1 Å². The zero-order valence-corrected chi connectivity index (χ0v) is 18.1. The second-order valence-electron chi connectivity index (χ2n) is 9.84. The first kappa shape index (κ1) is 19.7. The molecule has 0 radical (unpaired) electrons. The van der Waals surface area contributed by atoms with Gasteiger partial charge in [0.25, 0.3) is 0 Å². The minimum atomic E-state index is -0.762. The summed E-state index contributed by atoms with van der Waals surface area (Å²) in [5.41, 5.74) is 0.608. The highest BCUT2D eigenvalue weighted by atomic mass is 17.3. The number of fused-ring (bicyclic) bond motifs is 1. The van der Waals surface area contributed by atoms with Gasteiger partial charge in [0.1, 0.15) is 18.4 Å². The van der Waals surface area contributed by atoms with Gasteiger partial charge in [-0.05, 0) is 43.4 Å². The van der Waals surface area contributed by atoms with E-state index >= 15 is 0 Å². The molecule has 0 amide bonds. The summed E-state index contributed by atoms with van der Waals surface area (Å²) in [4.78, 5) is 11.8. The van der Waals surface area contributed by atoms with E-state index in [1.54, 1.807) is 12.7 Å². The Hall–Kier alpha value is -2.00. The van der Waals surface area contributed by atoms with Crippen LogP contribution in [0.1, 0.15) is 45.6 Å². The largest absolute Gasteiger partial charge is 0.465 e. The number of hydrogen-bond donors (Lipinski definition) is 0. The summed E-state index contributed by atoms with van der Waals surface area (Å²) in [6.07, 6.45) is 5.62. The average molecular weight is 428 g/mol. The lowest BCUT2D eigenvalue weighted by molar-refractivity contribution is -0.614. The molecule has 7 rings (SSSR count). The molecule has 1 spiro atoms. The summed E-state index contributed by atoms with van der Waals surface area (Å²) in [6, 6.07) is 8.08. The van der Waals surface area contributed by atoms with E-state index in [4.69, 9.17) is 24.0 Å². The molecule has 166 valence electrons. The van der Waals surface area contributed by atoms with Crippen molar-refractivity contribution in [3.8, 4) is 5.75 Å². The van der Waals surface area contributed by atoms with Crippen molar-refractivity contribution in [2.24, 2.45) is 23.7 Å². The molecule has 1 aromatic heterocycles. The molecule has 1 aromatic carbocycles. The SMILES string of the molecule is C[C@@H]1CCC2[C@@H](C)[C@@H](Oc3ccc(Cn4cnnc4)cc3)O[C@@H]3O[C@]4(C)CC1[C@@]23OO4. The van der Waals surface area contributed by atoms with Gasteiger partial charge in [0.05, 0.1) is 0 Å². The van der Waals surface area contributed by atoms with Gasteiger partial charge < -0.3 is 18.8 Å². The Morgan fingerprint density at radius 3 is 2.61 bits per heavy atom. The van der Waals surface area contributed by atoms with E-state index in [2.05, 4.69) is 36.2 Å². The molecule has 2 bridgehead atoms. The van der Waals surface area contributed by atoms with Crippen molar-refractivity contribution in [3.63, 3.8) is 0 Å². The number of benzene rings is 1. The summed E-state index contributed by atoms with van der Waals surface area (Å²) in [5.74, 6) is 1.35. The standard InChI is InChI=1S/C23H29N3O5/c1-14-4-9-18-15(2)20(28-21-23(18)19(14)10-22(3,29-21)30-31-23)27-17-7-5-16(6-8-17)11-26-12-24-25-13-26/h5-8,12-15,18-21H,4,9-11H2,1-3H3/t14-,15-,18?,19?,20+,21-,22+,23+/m1/s1. The van der Waals surface area contributed by atoms with E-state index in [9.17, 15) is 0 Å². The van der Waals surface area contributed by atoms with Crippen molar-refractivity contribution in [2.45, 2.75) is 70.5 Å². The van der Waals surface area contributed by atoms with Crippen molar-refractivity contribution >= 4 is 0 Å². The predicted octanol–water partition coefficient (Wildman–Crippen LogP) is 3.52. The Morgan fingerprint density at radius 1 is 1.06 bits per heavy atom. The summed E-state index contributed by atoms with van der Waals surface area (Å²) < 4.78 is 21.0. The second-order valence-corrected chi connectivity index (χ2v) is 9.84. The molecule has 8 heteroatoms. The van der Waals surface area contributed by atoms with Crippen LogP contribution in [0.4, 0.5) is 0 Å². The van der Waals surface area contributed by atoms with E-state index < -0.39 is 24.0 Å². The van der Waals surface area contributed by atoms with E-state index in [0.717, 1.165) is 30.7 Å². The molecule has 5 heterocycles. The van der Waals surface area contributed by atoms with Crippen LogP contribution in [0.5, 0.6) is 5.75 Å². The lowest BCUT2D eigenvalue weighted by Crippen LogP contribution is -2.76. The first-order chi connectivity index (χ1) is 15.0. The van der Waals surface area contributed by atoms with Crippen molar-refractivity contribution in [1.29, 1.82) is 0 Å². The normalized spacial score (nSPS) is 43.5. The third-order valence-corrected chi connectivity index (χ3v) is 7.79. The fraction of sp³-hybridized carbons (Fsp3) is 0.652. The molecule has 2 unspecified atom stereocenters. The van der Waals surface area contributed by atoms with Crippen molar-refractivity contribution in [1.82, 2.24) is 14.8 Å². The van der Waals surface area contributed by atoms with Gasteiger partial charge in [0.15, 0.2) is 11.9 Å². The Kier molecular flexibility index (Phi) is 4.44. The van der Waals surface area contributed by atoms with Crippen LogP contribution in [0.3, 0.4) is 0 Å². The fourth-order valence-electron chi connectivity index (χ4n) is 6.14. The Morgan fingerprint density at radius 2 is 1.84 bits per heavy atom. The zero-order chi connectivity index (χ0) is 21.2. The van der Waals surface area contributed by atoms with E-state index in [0.29, 0.717) is 11.8 Å². The first-order valence-corrected chi connectivity index (χ1v) is 11.2. The molecule has 1 saturated carbocycles. The minimum absolute atomic E-state index is 0.151. The summed E-state index contributed by atoms with van der Waals surface area (Å²) >= 11 is 0. The number of nitrogens with zero attached hydrogens (tertiary/aromatic N) is 3. The molecule has 4 saturated heterocycles. The average Bonchev–Trinajstić information content (AvgIpc) is 3.27. The minimum Gasteiger partial charge on any atom is -0.465 e. The van der Waals surface area contributed by atoms with Gasteiger partial charge in [-0.1, -0.05) is 26.0 Å². The molecule has 8 nitrogen and oxygen atoms in total. The molecular weight excluding hydrogens is 398 g/mol. The van der Waals surface area contributed by atoms with E-state index in [1.165, 1.54) is 6.42 Å². The predicted molar refractivity (Wildman–Crippen MR) is 108 cm³/mol. The quantitative estimate of drug-likeness (QED) is 0.691. The highest BCUT2D eigenvalue weighted by Gasteiger charge is 2.72. The van der Waals surface area contributed by atoms with Crippen LogP contribution in [-0.4, -0.2) is 38.7 Å². The Balaban J connectivity index is 1.22. The van der Waals surface area contributed by atoms with Crippen LogP contribution < -0.4 is 4.74 Å². The van der Waals surface area contributed by atoms with Crippen LogP contribution in [0.2, 0.25) is 0 Å². The van der Waals surface area contributed by atoms with Crippen LogP contribution in [0.15, 0.2) is 36.9 Å². The molecular formula is C23H29N3O5. The van der Waals surface area contributed by atoms with Crippen molar-refractivity contribution in [2.75, 3.05) is 0 Å². The van der Waals surface area contributed by atoms with Crippen molar-refractivity contribution < 1.29 is 24.0 Å². The van der Waals surface area contributed by atoms with Gasteiger partial charge in [-0.2, -0.15) is 0 Å². The highest BCUT2D eigenvalue weighted by Crippen LogP contribution is 2.62. The van der Waals surface area contributed by atoms with E-state index in [1.807, 2.05) is 23.6 Å². The van der Waals surface area contributed by atoms with Crippen molar-refractivity contribution in [3.05, 3.63) is 42.5 Å². The van der Waals surface area contributed by atoms with Crippen LogP contribution in [-0.2, 0) is 25.8 Å². The topological polar surface area (TPSA) is 76.9 Å². The maximum absolute atomic E-state index is 6.43. The zero-order valence-electron chi connectivity index (χ0n) is 18.1. The molecule has 31 heavy (non-hydrogen) atoms. The third kappa shape index (κ3) is 3.03. The lowest BCUT2D eigenvalue weighted by Gasteiger charge is -2.66. The molecule has 1 aliphatic carbocycles. The van der Waals surface area contributed by atoms with Gasteiger partial charge in [-0.15, -0.1) is 10.2 Å². The maximum atomic E-state index is 6.43. The molecule has 0 N–H and O–H groups in total. The van der Waals surface area contributed by atoms with Gasteiger partial charge in [0, 0.05) is 30.7 Å². The molecule has 5 aliphatic rings. The van der Waals surface area contributed by atoms with Crippen LogP contribution in [0.25, 0.3) is 0 Å². The smallest absolute Gasteiger partial charge is 0.205 e. The van der Waals surface area contributed by atoms with Gasteiger partial charge in [-0.25, -0.2) is 9.78 Å². The van der Waals surface area contributed by atoms with Gasteiger partial charge >= 0.3 is 0 Å². The summed E-state index contributed by atoms with van der Waals surface area (Å²) in [5, 5.41) is 7.69. The van der Waals surface area contributed by atoms with Crippen LogP contribution in [0, 0.1) is 23.7 Å². The number of rotatable bonds is 4. The van der Waals surface area contributed by atoms with Crippen LogP contribution >= 0.6 is 0 Å². The molecule has 8 atom stereocenters. The Labute approximate surface area is 181 Å². The molecule has 2 aromatic rings. The second kappa shape index (κ2) is 7.00. The molecule has 5 fully saturated rings. The monoisotopic (exact) mass is 427 g/mol. The summed E-state index contributed by atoms with van der Waals surface area (Å²) in [7, 11) is 0. The van der Waals surface area contributed by atoms with Gasteiger partial charge in [-0.3, -0.25) is 0 Å². The highest BCUT2D eigenvalue weighted by molar-refractivity contribution is 5.27. The number of hydrogen-bond acceptors (Lipinski definition) is 7. The third-order valence-electron chi connectivity index (χ3n) is 7.79. The molecule has 4 aliphatic heterocycles. The maximum Gasteiger partial charge on any atom is 0.205 e. The summed E-state index contributed by atoms with van der Waals surface area (Å²) in [6.45, 7) is 7.17. The Bertz CT molecular complexity index is 937. The lowest BCUT2D eigenvalue weighted by atomic mass is 9.56. The van der Waals surface area contributed by atoms with E-state index in [-0.39, 0.29) is 11.8 Å². The fourth-order valence-corrected chi connectivity index (χ4v) is 6.14. The number of ether oxygens (including phenoxy) is 3.